The van der Waals surface area contributed by atoms with Crippen LogP contribution in [0.2, 0.25) is 0 Å². The van der Waals surface area contributed by atoms with E-state index in [0.717, 1.165) is 10.2 Å². The van der Waals surface area contributed by atoms with E-state index in [1.165, 1.54) is 37.7 Å². The van der Waals surface area contributed by atoms with Crippen LogP contribution in [0.3, 0.4) is 0 Å². The molecule has 14 heavy (non-hydrogen) atoms. The van der Waals surface area contributed by atoms with Crippen molar-refractivity contribution in [2.45, 2.75) is 32.1 Å². The minimum Gasteiger partial charge on any atom is -0.179 e. The van der Waals surface area contributed by atoms with Crippen LogP contribution in [0.15, 0.2) is 28.7 Å². The number of hydrogen-bond donors (Lipinski definition) is 1. The fourth-order valence-electron chi connectivity index (χ4n) is 1.45. The van der Waals surface area contributed by atoms with E-state index in [-0.39, 0.29) is 0 Å². The molecule has 0 atom stereocenters. The van der Waals surface area contributed by atoms with E-state index in [1.54, 1.807) is 0 Å². The van der Waals surface area contributed by atoms with Gasteiger partial charge in [0.05, 0.1) is 0 Å². The molecule has 0 aliphatic heterocycles. The molecular weight excluding hydrogens is 256 g/mol. The number of thiol groups is 1. The van der Waals surface area contributed by atoms with Crippen LogP contribution in [0.1, 0.15) is 31.2 Å². The molecular formula is C12H17BrS. The molecule has 0 aromatic heterocycles. The van der Waals surface area contributed by atoms with E-state index in [4.69, 9.17) is 0 Å². The molecule has 78 valence electrons. The van der Waals surface area contributed by atoms with Crippen molar-refractivity contribution >= 4 is 28.6 Å². The van der Waals surface area contributed by atoms with Gasteiger partial charge in [-0.2, -0.15) is 12.6 Å². The molecule has 0 amide bonds. The summed E-state index contributed by atoms with van der Waals surface area (Å²) in [6.07, 6.45) is 6.41. The second kappa shape index (κ2) is 7.36. The lowest BCUT2D eigenvalue weighted by atomic mass is 10.1. The van der Waals surface area contributed by atoms with Crippen molar-refractivity contribution in [2.24, 2.45) is 0 Å². The summed E-state index contributed by atoms with van der Waals surface area (Å²) >= 11 is 7.64. The smallest absolute Gasteiger partial charge is 0.0175 e. The number of benzene rings is 1. The highest BCUT2D eigenvalue weighted by Gasteiger charge is 1.93. The first kappa shape index (κ1) is 12.1. The topological polar surface area (TPSA) is 0 Å². The zero-order chi connectivity index (χ0) is 10.2. The monoisotopic (exact) mass is 272 g/mol. The molecule has 0 bridgehead atoms. The van der Waals surface area contributed by atoms with E-state index in [1.807, 2.05) is 0 Å². The Hall–Kier alpha value is 0.0500. The predicted molar refractivity (Wildman–Crippen MR) is 70.2 cm³/mol. The lowest BCUT2D eigenvalue weighted by Gasteiger charge is -2.01. The summed E-state index contributed by atoms with van der Waals surface area (Å²) in [5.41, 5.74) is 1.44. The maximum absolute atomic E-state index is 4.20. The van der Waals surface area contributed by atoms with Gasteiger partial charge in [-0.05, 0) is 42.7 Å². The largest absolute Gasteiger partial charge is 0.179 e. The highest BCUT2D eigenvalue weighted by atomic mass is 79.9. The van der Waals surface area contributed by atoms with Gasteiger partial charge in [-0.15, -0.1) is 0 Å². The first-order valence-electron chi connectivity index (χ1n) is 5.18. The molecule has 0 aliphatic rings. The molecule has 0 saturated carbocycles. The zero-order valence-corrected chi connectivity index (χ0v) is 10.9. The van der Waals surface area contributed by atoms with Gasteiger partial charge in [-0.1, -0.05) is 40.9 Å². The minimum atomic E-state index is 1.03. The van der Waals surface area contributed by atoms with Gasteiger partial charge < -0.3 is 0 Å². The predicted octanol–water partition coefficient (Wildman–Crippen LogP) is 4.48. The molecule has 0 spiro atoms. The van der Waals surface area contributed by atoms with Crippen LogP contribution in [0.5, 0.6) is 0 Å². The summed E-state index contributed by atoms with van der Waals surface area (Å²) < 4.78 is 1.16. The van der Waals surface area contributed by atoms with Gasteiger partial charge in [-0.3, -0.25) is 0 Å². The number of halogens is 1. The Balaban J connectivity index is 2.15. The third kappa shape index (κ3) is 5.06. The maximum atomic E-state index is 4.20. The summed E-state index contributed by atoms with van der Waals surface area (Å²) in [5.74, 6) is 1.03. The van der Waals surface area contributed by atoms with Crippen molar-refractivity contribution in [1.29, 1.82) is 0 Å². The zero-order valence-electron chi connectivity index (χ0n) is 8.38. The lowest BCUT2D eigenvalue weighted by Crippen LogP contribution is -1.86. The lowest BCUT2D eigenvalue weighted by molar-refractivity contribution is 0.671. The fraction of sp³-hybridized carbons (Fsp3) is 0.500. The van der Waals surface area contributed by atoms with Crippen LogP contribution in [0, 0.1) is 0 Å². The van der Waals surface area contributed by atoms with Crippen molar-refractivity contribution in [3.63, 3.8) is 0 Å². The second-order valence-corrected chi connectivity index (χ2v) is 4.88. The normalized spacial score (nSPS) is 10.4. The second-order valence-electron chi connectivity index (χ2n) is 3.51. The Bertz CT molecular complexity index is 243. The highest BCUT2D eigenvalue weighted by molar-refractivity contribution is 9.10. The summed E-state index contributed by atoms with van der Waals surface area (Å²) in [6.45, 7) is 0. The maximum Gasteiger partial charge on any atom is 0.0175 e. The third-order valence-electron chi connectivity index (χ3n) is 2.29. The molecule has 1 rings (SSSR count). The van der Waals surface area contributed by atoms with E-state index in [2.05, 4.69) is 52.8 Å². The molecule has 0 aliphatic carbocycles. The Kier molecular flexibility index (Phi) is 6.37. The summed E-state index contributed by atoms with van der Waals surface area (Å²) in [4.78, 5) is 0. The Morgan fingerprint density at radius 2 is 1.57 bits per heavy atom. The van der Waals surface area contributed by atoms with Crippen LogP contribution in [0.25, 0.3) is 0 Å². The SMILES string of the molecule is SCCCCCCc1ccc(Br)cc1. The van der Waals surface area contributed by atoms with E-state index in [9.17, 15) is 0 Å². The number of rotatable bonds is 6. The van der Waals surface area contributed by atoms with Crippen molar-refractivity contribution in [3.8, 4) is 0 Å². The Labute approximate surface area is 101 Å². The van der Waals surface area contributed by atoms with Crippen LogP contribution in [-0.2, 0) is 6.42 Å². The average molecular weight is 273 g/mol. The molecule has 0 fully saturated rings. The molecule has 0 heterocycles. The van der Waals surface area contributed by atoms with Crippen molar-refractivity contribution in [2.75, 3.05) is 5.75 Å². The minimum absolute atomic E-state index is 1.03. The Morgan fingerprint density at radius 1 is 0.929 bits per heavy atom. The molecule has 0 saturated heterocycles. The standard InChI is InChI=1S/C12H17BrS/c13-12-8-6-11(7-9-12)5-3-1-2-4-10-14/h6-9,14H,1-5,10H2. The first-order chi connectivity index (χ1) is 6.83. The molecule has 2 heteroatoms. The van der Waals surface area contributed by atoms with Gasteiger partial charge in [-0.25, -0.2) is 0 Å². The van der Waals surface area contributed by atoms with E-state index >= 15 is 0 Å². The van der Waals surface area contributed by atoms with Crippen molar-refractivity contribution in [3.05, 3.63) is 34.3 Å². The highest BCUT2D eigenvalue weighted by Crippen LogP contribution is 2.13. The van der Waals surface area contributed by atoms with Crippen molar-refractivity contribution < 1.29 is 0 Å². The molecule has 0 N–H and O–H groups in total. The van der Waals surface area contributed by atoms with E-state index < -0.39 is 0 Å². The van der Waals surface area contributed by atoms with Gasteiger partial charge in [0.25, 0.3) is 0 Å². The number of unbranched alkanes of at least 4 members (excludes halogenated alkanes) is 3. The van der Waals surface area contributed by atoms with Gasteiger partial charge in [0, 0.05) is 4.47 Å². The molecule has 0 radical (unpaired) electrons. The summed E-state index contributed by atoms with van der Waals surface area (Å²) in [7, 11) is 0. The Morgan fingerprint density at radius 3 is 2.21 bits per heavy atom. The first-order valence-corrected chi connectivity index (χ1v) is 6.61. The average Bonchev–Trinajstić information content (AvgIpc) is 2.21. The fourth-order valence-corrected chi connectivity index (χ4v) is 1.93. The van der Waals surface area contributed by atoms with Gasteiger partial charge in [0.15, 0.2) is 0 Å². The summed E-state index contributed by atoms with van der Waals surface area (Å²) in [6, 6.07) is 8.62. The van der Waals surface area contributed by atoms with Crippen LogP contribution >= 0.6 is 28.6 Å². The van der Waals surface area contributed by atoms with Crippen LogP contribution in [0.4, 0.5) is 0 Å². The van der Waals surface area contributed by atoms with Crippen LogP contribution < -0.4 is 0 Å². The summed E-state index contributed by atoms with van der Waals surface area (Å²) in [5, 5.41) is 0. The molecule has 1 aromatic carbocycles. The van der Waals surface area contributed by atoms with Gasteiger partial charge in [0.2, 0.25) is 0 Å². The van der Waals surface area contributed by atoms with E-state index in [0.29, 0.717) is 0 Å². The van der Waals surface area contributed by atoms with Gasteiger partial charge in [0.1, 0.15) is 0 Å². The molecule has 0 nitrogen and oxygen atoms in total. The van der Waals surface area contributed by atoms with Crippen molar-refractivity contribution in [1.82, 2.24) is 0 Å². The number of hydrogen-bond acceptors (Lipinski definition) is 1. The third-order valence-corrected chi connectivity index (χ3v) is 3.13. The number of aryl methyl sites for hydroxylation is 1. The molecule has 1 aromatic rings. The van der Waals surface area contributed by atoms with Gasteiger partial charge >= 0.3 is 0 Å². The molecule has 0 unspecified atom stereocenters. The quantitative estimate of drug-likeness (QED) is 0.573. The van der Waals surface area contributed by atoms with Crippen LogP contribution in [-0.4, -0.2) is 5.75 Å².